The number of hydrogen-bond donors (Lipinski definition) is 2. The first-order valence-electron chi connectivity index (χ1n) is 10.5. The molecule has 1 aliphatic rings. The van der Waals surface area contributed by atoms with E-state index in [2.05, 4.69) is 39.2 Å². The summed E-state index contributed by atoms with van der Waals surface area (Å²) in [4.78, 5) is 23.1. The summed E-state index contributed by atoms with van der Waals surface area (Å²) in [7, 11) is 0. The van der Waals surface area contributed by atoms with Gasteiger partial charge in [-0.15, -0.1) is 24.0 Å². The molecule has 7 nitrogen and oxygen atoms in total. The van der Waals surface area contributed by atoms with Crippen molar-refractivity contribution in [1.82, 2.24) is 20.0 Å². The minimum absolute atomic E-state index is 0. The third-order valence-corrected chi connectivity index (χ3v) is 5.27. The van der Waals surface area contributed by atoms with Crippen molar-refractivity contribution in [3.8, 4) is 0 Å². The molecule has 4 rings (SSSR count). The van der Waals surface area contributed by atoms with Crippen LogP contribution in [-0.4, -0.2) is 34.3 Å². The molecule has 0 aliphatic carbocycles. The number of aromatic nitrogens is 2. The molecule has 3 heterocycles. The molecule has 1 aromatic carbocycles. The summed E-state index contributed by atoms with van der Waals surface area (Å²) in [5, 5.41) is 6.64. The summed E-state index contributed by atoms with van der Waals surface area (Å²) in [6.07, 6.45) is 3.64. The number of benzene rings is 1. The number of nitrogens with one attached hydrogen (secondary N) is 2. The van der Waals surface area contributed by atoms with Gasteiger partial charge in [0.1, 0.15) is 5.65 Å². The second-order valence-electron chi connectivity index (χ2n) is 7.49. The number of carbonyl (C=O) groups excluding carboxylic acids is 1. The molecule has 1 fully saturated rings. The Morgan fingerprint density at radius 3 is 2.65 bits per heavy atom. The number of halogens is 1. The fourth-order valence-corrected chi connectivity index (χ4v) is 3.67. The number of pyridine rings is 1. The van der Waals surface area contributed by atoms with Crippen molar-refractivity contribution < 1.29 is 4.79 Å². The highest BCUT2D eigenvalue weighted by Gasteiger charge is 2.21. The van der Waals surface area contributed by atoms with Gasteiger partial charge in [0.25, 0.3) is 0 Å². The van der Waals surface area contributed by atoms with Crippen LogP contribution in [0.1, 0.15) is 36.7 Å². The summed E-state index contributed by atoms with van der Waals surface area (Å²) in [6, 6.07) is 14.2. The molecule has 2 N–H and O–H groups in total. The maximum Gasteiger partial charge on any atom is 0.227 e. The molecular weight excluding hydrogens is 503 g/mol. The molecule has 164 valence electrons. The third-order valence-electron chi connectivity index (χ3n) is 5.27. The number of rotatable bonds is 6. The first kappa shape index (κ1) is 23.1. The van der Waals surface area contributed by atoms with E-state index in [1.165, 1.54) is 0 Å². The van der Waals surface area contributed by atoms with Gasteiger partial charge in [-0.3, -0.25) is 4.79 Å². The lowest BCUT2D eigenvalue weighted by atomic mass is 10.2. The molecule has 1 amide bonds. The monoisotopic (exact) mass is 532 g/mol. The van der Waals surface area contributed by atoms with Crippen LogP contribution in [0.2, 0.25) is 0 Å². The molecule has 8 heteroatoms. The average Bonchev–Trinajstić information content (AvgIpc) is 3.37. The summed E-state index contributed by atoms with van der Waals surface area (Å²) >= 11 is 0. The fraction of sp³-hybridized carbons (Fsp3) is 0.348. The molecule has 31 heavy (non-hydrogen) atoms. The Balaban J connectivity index is 0.00000272. The van der Waals surface area contributed by atoms with Crippen LogP contribution in [0, 0.1) is 6.92 Å². The van der Waals surface area contributed by atoms with Crippen LogP contribution in [0.3, 0.4) is 0 Å². The summed E-state index contributed by atoms with van der Waals surface area (Å²) in [5.41, 5.74) is 5.15. The van der Waals surface area contributed by atoms with Gasteiger partial charge in [-0.1, -0.05) is 18.2 Å². The van der Waals surface area contributed by atoms with Gasteiger partial charge in [0, 0.05) is 37.1 Å². The number of amides is 1. The predicted molar refractivity (Wildman–Crippen MR) is 135 cm³/mol. The van der Waals surface area contributed by atoms with E-state index in [0.717, 1.165) is 53.8 Å². The van der Waals surface area contributed by atoms with E-state index in [1.807, 2.05) is 48.2 Å². The van der Waals surface area contributed by atoms with Crippen molar-refractivity contribution in [1.29, 1.82) is 0 Å². The van der Waals surface area contributed by atoms with Crippen LogP contribution in [-0.2, 0) is 17.9 Å². The molecule has 0 unspecified atom stereocenters. The van der Waals surface area contributed by atoms with Gasteiger partial charge in [-0.2, -0.15) is 0 Å². The standard InChI is InChI=1S/C23H28N6O.HI/c1-3-24-23(26-15-19-16-29-17(2)6-4-7-21(29)27-19)25-14-18-9-11-20(12-10-18)28-13-5-8-22(28)30;/h4,6-7,9-12,16H,3,5,8,13-15H2,1-2H3,(H2,24,25,26);1H. The zero-order valence-corrected chi connectivity index (χ0v) is 20.3. The molecule has 0 saturated carbocycles. The second-order valence-corrected chi connectivity index (χ2v) is 7.49. The van der Waals surface area contributed by atoms with Crippen LogP contribution >= 0.6 is 24.0 Å². The molecule has 2 aromatic heterocycles. The van der Waals surface area contributed by atoms with Gasteiger partial charge < -0.3 is 19.9 Å². The number of carbonyl (C=O) groups is 1. The van der Waals surface area contributed by atoms with E-state index in [0.29, 0.717) is 19.5 Å². The molecule has 1 aliphatic heterocycles. The Kier molecular flexibility index (Phi) is 7.89. The first-order valence-corrected chi connectivity index (χ1v) is 10.5. The predicted octanol–water partition coefficient (Wildman–Crippen LogP) is 3.64. The van der Waals surface area contributed by atoms with Crippen molar-refractivity contribution in [3.05, 3.63) is 65.6 Å². The molecule has 0 bridgehead atoms. The number of aryl methyl sites for hydroxylation is 1. The smallest absolute Gasteiger partial charge is 0.227 e. The molecule has 0 radical (unpaired) electrons. The first-order chi connectivity index (χ1) is 14.6. The fourth-order valence-electron chi connectivity index (χ4n) is 3.67. The zero-order chi connectivity index (χ0) is 20.9. The number of anilines is 1. The van der Waals surface area contributed by atoms with Gasteiger partial charge in [0.15, 0.2) is 5.96 Å². The minimum Gasteiger partial charge on any atom is -0.357 e. The SMILES string of the molecule is CCNC(=NCc1ccc(N2CCCC2=O)cc1)NCc1cn2c(C)cccc2n1.I. The van der Waals surface area contributed by atoms with Crippen molar-refractivity contribution in [2.75, 3.05) is 18.0 Å². The van der Waals surface area contributed by atoms with E-state index in [-0.39, 0.29) is 29.9 Å². The largest absolute Gasteiger partial charge is 0.357 e. The molecule has 3 aromatic rings. The van der Waals surface area contributed by atoms with Crippen molar-refractivity contribution in [2.24, 2.45) is 4.99 Å². The van der Waals surface area contributed by atoms with Gasteiger partial charge >= 0.3 is 0 Å². The lowest BCUT2D eigenvalue weighted by Gasteiger charge is -2.15. The van der Waals surface area contributed by atoms with Gasteiger partial charge in [-0.05, 0) is 50.1 Å². The second kappa shape index (κ2) is 10.6. The Bertz CT molecular complexity index is 1060. The highest BCUT2D eigenvalue weighted by atomic mass is 127. The molecule has 1 saturated heterocycles. The van der Waals surface area contributed by atoms with Crippen molar-refractivity contribution >= 4 is 47.2 Å². The van der Waals surface area contributed by atoms with Crippen molar-refractivity contribution in [3.63, 3.8) is 0 Å². The lowest BCUT2D eigenvalue weighted by Crippen LogP contribution is -2.36. The summed E-state index contributed by atoms with van der Waals surface area (Å²) in [5.74, 6) is 0.964. The van der Waals surface area contributed by atoms with E-state index in [1.54, 1.807) is 0 Å². The third kappa shape index (κ3) is 5.55. The summed E-state index contributed by atoms with van der Waals surface area (Å²) < 4.78 is 2.09. The zero-order valence-electron chi connectivity index (χ0n) is 18.0. The Morgan fingerprint density at radius 1 is 1.16 bits per heavy atom. The number of aliphatic imine (C=N–C) groups is 1. The quantitative estimate of drug-likeness (QED) is 0.289. The van der Waals surface area contributed by atoms with Crippen LogP contribution < -0.4 is 15.5 Å². The topological polar surface area (TPSA) is 74.0 Å². The maximum absolute atomic E-state index is 11.9. The Morgan fingerprint density at radius 2 is 1.97 bits per heavy atom. The summed E-state index contributed by atoms with van der Waals surface area (Å²) in [6.45, 7) is 6.88. The van der Waals surface area contributed by atoms with Crippen LogP contribution in [0.25, 0.3) is 5.65 Å². The van der Waals surface area contributed by atoms with Crippen LogP contribution in [0.15, 0.2) is 53.7 Å². The van der Waals surface area contributed by atoms with E-state index < -0.39 is 0 Å². The molecule has 0 spiro atoms. The Hall–Kier alpha value is -2.62. The van der Waals surface area contributed by atoms with Crippen LogP contribution in [0.4, 0.5) is 5.69 Å². The minimum atomic E-state index is 0. The highest BCUT2D eigenvalue weighted by molar-refractivity contribution is 14.0. The molecule has 0 atom stereocenters. The number of nitrogens with zero attached hydrogens (tertiary/aromatic N) is 4. The van der Waals surface area contributed by atoms with Gasteiger partial charge in [0.05, 0.1) is 18.8 Å². The van der Waals surface area contributed by atoms with E-state index >= 15 is 0 Å². The number of guanidine groups is 1. The van der Waals surface area contributed by atoms with E-state index in [4.69, 9.17) is 4.99 Å². The maximum atomic E-state index is 11.9. The number of hydrogen-bond acceptors (Lipinski definition) is 3. The van der Waals surface area contributed by atoms with Gasteiger partial charge in [0.2, 0.25) is 5.91 Å². The molecular formula is C23H29IN6O. The highest BCUT2D eigenvalue weighted by Crippen LogP contribution is 2.21. The van der Waals surface area contributed by atoms with Crippen molar-refractivity contribution in [2.45, 2.75) is 39.8 Å². The Labute approximate surface area is 200 Å². The normalized spacial score (nSPS) is 14.1. The van der Waals surface area contributed by atoms with Gasteiger partial charge in [-0.25, -0.2) is 9.98 Å². The van der Waals surface area contributed by atoms with Crippen LogP contribution in [0.5, 0.6) is 0 Å². The number of fused-ring (bicyclic) bond motifs is 1. The average molecular weight is 532 g/mol. The van der Waals surface area contributed by atoms with E-state index in [9.17, 15) is 4.79 Å². The lowest BCUT2D eigenvalue weighted by molar-refractivity contribution is -0.117. The number of imidazole rings is 1.